The van der Waals surface area contributed by atoms with Gasteiger partial charge in [0.05, 0.1) is 12.0 Å². The average Bonchev–Trinajstić information content (AvgIpc) is 2.64. The molecule has 1 amide bonds. The van der Waals surface area contributed by atoms with Crippen LogP contribution in [0.4, 0.5) is 0 Å². The van der Waals surface area contributed by atoms with E-state index in [1.54, 1.807) is 0 Å². The summed E-state index contributed by atoms with van der Waals surface area (Å²) < 4.78 is 6.24. The Bertz CT molecular complexity index is 879. The maximum atomic E-state index is 12.8. The Morgan fingerprint density at radius 2 is 1.77 bits per heavy atom. The molecule has 134 valence electrons. The van der Waals surface area contributed by atoms with E-state index in [-0.39, 0.29) is 11.7 Å². The van der Waals surface area contributed by atoms with Crippen LogP contribution < -0.4 is 4.74 Å². The molecule has 0 aliphatic carbocycles. The second-order valence-corrected chi connectivity index (χ2v) is 7.47. The quantitative estimate of drug-likeness (QED) is 0.783. The Labute approximate surface area is 153 Å². The molecule has 2 aliphatic heterocycles. The largest absolute Gasteiger partial charge is 0.486 e. The van der Waals surface area contributed by atoms with E-state index in [0.29, 0.717) is 43.7 Å². The van der Waals surface area contributed by atoms with E-state index < -0.39 is 5.60 Å². The molecule has 4 heteroatoms. The molecular formula is C22H23NO3. The number of piperidine rings is 1. The second-order valence-electron chi connectivity index (χ2n) is 7.47. The van der Waals surface area contributed by atoms with Gasteiger partial charge >= 0.3 is 0 Å². The van der Waals surface area contributed by atoms with Crippen molar-refractivity contribution in [3.05, 3.63) is 64.7 Å². The third kappa shape index (κ3) is 2.90. The maximum Gasteiger partial charge on any atom is 0.253 e. The summed E-state index contributed by atoms with van der Waals surface area (Å²) >= 11 is 0. The van der Waals surface area contributed by atoms with Gasteiger partial charge < -0.3 is 9.64 Å². The fourth-order valence-corrected chi connectivity index (χ4v) is 3.90. The number of Topliss-reactive ketones (excluding diaryl/α,β-unsaturated/α-hetero) is 1. The van der Waals surface area contributed by atoms with Crippen LogP contribution >= 0.6 is 0 Å². The predicted molar refractivity (Wildman–Crippen MR) is 99.8 cm³/mol. The van der Waals surface area contributed by atoms with E-state index in [0.717, 1.165) is 11.1 Å². The van der Waals surface area contributed by atoms with Crippen LogP contribution in [0.5, 0.6) is 5.75 Å². The van der Waals surface area contributed by atoms with E-state index in [4.69, 9.17) is 4.74 Å². The van der Waals surface area contributed by atoms with E-state index in [2.05, 4.69) is 0 Å². The summed E-state index contributed by atoms with van der Waals surface area (Å²) in [7, 11) is 0. The summed E-state index contributed by atoms with van der Waals surface area (Å²) in [5, 5.41) is 0. The Hall–Kier alpha value is -2.62. The van der Waals surface area contributed by atoms with Crippen molar-refractivity contribution in [2.75, 3.05) is 13.1 Å². The number of ketones is 1. The molecule has 4 nitrogen and oxygen atoms in total. The molecule has 0 atom stereocenters. The molecular weight excluding hydrogens is 326 g/mol. The molecule has 1 spiro atoms. The molecule has 2 heterocycles. The zero-order chi connectivity index (χ0) is 18.3. The second kappa shape index (κ2) is 6.27. The number of carbonyl (C=O) groups excluding carboxylic acids is 2. The molecule has 0 N–H and O–H groups in total. The number of nitrogens with zero attached hydrogens (tertiary/aromatic N) is 1. The third-order valence-electron chi connectivity index (χ3n) is 5.71. The molecule has 1 fully saturated rings. The van der Waals surface area contributed by atoms with Crippen LogP contribution in [0, 0.1) is 13.8 Å². The van der Waals surface area contributed by atoms with Crippen molar-refractivity contribution in [1.82, 2.24) is 4.90 Å². The smallest absolute Gasteiger partial charge is 0.253 e. The lowest BCUT2D eigenvalue weighted by Crippen LogP contribution is -2.52. The number of ether oxygens (including phenoxy) is 1. The first kappa shape index (κ1) is 16.8. The maximum absolute atomic E-state index is 12.8. The molecule has 0 saturated carbocycles. The number of amides is 1. The highest BCUT2D eigenvalue weighted by atomic mass is 16.5. The summed E-state index contributed by atoms with van der Waals surface area (Å²) in [6.07, 6.45) is 1.77. The minimum Gasteiger partial charge on any atom is -0.486 e. The van der Waals surface area contributed by atoms with Crippen molar-refractivity contribution in [3.63, 3.8) is 0 Å². The number of para-hydroxylation sites is 1. The van der Waals surface area contributed by atoms with Gasteiger partial charge in [0.2, 0.25) is 0 Å². The molecule has 2 aromatic carbocycles. The van der Waals surface area contributed by atoms with Crippen molar-refractivity contribution in [2.24, 2.45) is 0 Å². The number of likely N-dealkylation sites (tertiary alicyclic amines) is 1. The lowest BCUT2D eigenvalue weighted by molar-refractivity contribution is -0.00570. The van der Waals surface area contributed by atoms with Crippen molar-refractivity contribution in [1.29, 1.82) is 0 Å². The first-order chi connectivity index (χ1) is 12.5. The van der Waals surface area contributed by atoms with Gasteiger partial charge in [-0.25, -0.2) is 0 Å². The lowest BCUT2D eigenvalue weighted by Gasteiger charge is -2.44. The number of fused-ring (bicyclic) bond motifs is 1. The summed E-state index contributed by atoms with van der Waals surface area (Å²) in [4.78, 5) is 27.2. The van der Waals surface area contributed by atoms with Gasteiger partial charge in [0.15, 0.2) is 5.78 Å². The zero-order valence-corrected chi connectivity index (χ0v) is 15.2. The van der Waals surface area contributed by atoms with Crippen LogP contribution in [0.15, 0.2) is 42.5 Å². The van der Waals surface area contributed by atoms with Gasteiger partial charge in [0.1, 0.15) is 11.4 Å². The fraction of sp³-hybridized carbons (Fsp3) is 0.364. The number of rotatable bonds is 1. The summed E-state index contributed by atoms with van der Waals surface area (Å²) in [5.74, 6) is 0.879. The van der Waals surface area contributed by atoms with Crippen LogP contribution in [0.2, 0.25) is 0 Å². The van der Waals surface area contributed by atoms with E-state index in [1.807, 2.05) is 61.2 Å². The van der Waals surface area contributed by atoms with Gasteiger partial charge in [0.25, 0.3) is 5.91 Å². The van der Waals surface area contributed by atoms with Crippen LogP contribution in [0.3, 0.4) is 0 Å². The molecule has 0 aromatic heterocycles. The topological polar surface area (TPSA) is 46.6 Å². The number of hydrogen-bond donors (Lipinski definition) is 0. The summed E-state index contributed by atoms with van der Waals surface area (Å²) in [6, 6.07) is 13.3. The Morgan fingerprint density at radius 1 is 1.04 bits per heavy atom. The Balaban J connectivity index is 1.48. The van der Waals surface area contributed by atoms with Crippen molar-refractivity contribution in [2.45, 2.75) is 38.7 Å². The standard InChI is InChI=1S/C22H23NO3/c1-15-7-8-17(13-16(15)2)21(25)23-11-9-22(10-12-23)14-19(24)18-5-3-4-6-20(18)26-22/h3-8,13H,9-12,14H2,1-2H3. The predicted octanol–water partition coefficient (Wildman–Crippen LogP) is 3.94. The molecule has 2 aliphatic rings. The van der Waals surface area contributed by atoms with Gasteiger partial charge in [-0.15, -0.1) is 0 Å². The molecule has 0 radical (unpaired) electrons. The highest BCUT2D eigenvalue weighted by Crippen LogP contribution is 2.39. The molecule has 26 heavy (non-hydrogen) atoms. The Morgan fingerprint density at radius 3 is 2.50 bits per heavy atom. The van der Waals surface area contributed by atoms with Gasteiger partial charge in [-0.2, -0.15) is 0 Å². The van der Waals surface area contributed by atoms with Gasteiger partial charge in [0, 0.05) is 31.5 Å². The lowest BCUT2D eigenvalue weighted by atomic mass is 9.82. The van der Waals surface area contributed by atoms with E-state index in [1.165, 1.54) is 5.56 Å². The molecule has 1 saturated heterocycles. The zero-order valence-electron chi connectivity index (χ0n) is 15.2. The number of benzene rings is 2. The van der Waals surface area contributed by atoms with Gasteiger partial charge in [-0.3, -0.25) is 9.59 Å². The monoisotopic (exact) mass is 349 g/mol. The minimum absolute atomic E-state index is 0.0606. The first-order valence-electron chi connectivity index (χ1n) is 9.15. The van der Waals surface area contributed by atoms with Gasteiger partial charge in [-0.1, -0.05) is 18.2 Å². The third-order valence-corrected chi connectivity index (χ3v) is 5.71. The highest BCUT2D eigenvalue weighted by molar-refractivity contribution is 6.00. The summed E-state index contributed by atoms with van der Waals surface area (Å²) in [6.45, 7) is 5.29. The van der Waals surface area contributed by atoms with Crippen LogP contribution in [-0.4, -0.2) is 35.3 Å². The highest BCUT2D eigenvalue weighted by Gasteiger charge is 2.43. The molecule has 4 rings (SSSR count). The molecule has 2 aromatic rings. The number of hydrogen-bond acceptors (Lipinski definition) is 3. The van der Waals surface area contributed by atoms with Crippen molar-refractivity contribution >= 4 is 11.7 Å². The average molecular weight is 349 g/mol. The van der Waals surface area contributed by atoms with Crippen LogP contribution in [0.1, 0.15) is 51.1 Å². The Kier molecular flexibility index (Phi) is 4.06. The summed E-state index contributed by atoms with van der Waals surface area (Å²) in [5.41, 5.74) is 3.25. The minimum atomic E-state index is -0.467. The normalized spacial score (nSPS) is 18.4. The molecule has 0 bridgehead atoms. The van der Waals surface area contributed by atoms with Crippen molar-refractivity contribution in [3.8, 4) is 5.75 Å². The molecule has 0 unspecified atom stereocenters. The van der Waals surface area contributed by atoms with Crippen molar-refractivity contribution < 1.29 is 14.3 Å². The first-order valence-corrected chi connectivity index (χ1v) is 9.15. The van der Waals surface area contributed by atoms with Gasteiger partial charge in [-0.05, 0) is 49.2 Å². The van der Waals surface area contributed by atoms with E-state index >= 15 is 0 Å². The van der Waals surface area contributed by atoms with Crippen LogP contribution in [0.25, 0.3) is 0 Å². The SMILES string of the molecule is Cc1ccc(C(=O)N2CCC3(CC2)CC(=O)c2ccccc2O3)cc1C. The number of carbonyl (C=O) groups is 2. The fourth-order valence-electron chi connectivity index (χ4n) is 3.90. The van der Waals surface area contributed by atoms with Crippen LogP contribution in [-0.2, 0) is 0 Å². The number of aryl methyl sites for hydroxylation is 2. The van der Waals surface area contributed by atoms with E-state index in [9.17, 15) is 9.59 Å².